The van der Waals surface area contributed by atoms with E-state index in [1.807, 2.05) is 13.0 Å². The van der Waals surface area contributed by atoms with Crippen LogP contribution in [0.15, 0.2) is 113 Å². The number of halogens is 1. The fourth-order valence-electron chi connectivity index (χ4n) is 3.74. The van der Waals surface area contributed by atoms with Crippen LogP contribution in [-0.4, -0.2) is 20.5 Å². The van der Waals surface area contributed by atoms with E-state index in [2.05, 4.69) is 15.2 Å². The Kier molecular flexibility index (Phi) is 9.19. The molecule has 4 rings (SSSR count). The number of carbonyl (C=O) groups is 1. The summed E-state index contributed by atoms with van der Waals surface area (Å²) in [5, 5.41) is 4.00. The molecular formula is C30H28FN3O4S. The van der Waals surface area contributed by atoms with Gasteiger partial charge in [-0.3, -0.25) is 4.79 Å². The van der Waals surface area contributed by atoms with E-state index in [1.165, 1.54) is 30.5 Å². The van der Waals surface area contributed by atoms with Gasteiger partial charge in [-0.05, 0) is 72.1 Å². The molecule has 7 nitrogen and oxygen atoms in total. The number of hydrogen-bond acceptors (Lipinski definition) is 5. The Labute approximate surface area is 227 Å². The number of amides is 1. The van der Waals surface area contributed by atoms with Crippen molar-refractivity contribution in [1.82, 2.24) is 10.1 Å². The van der Waals surface area contributed by atoms with E-state index in [1.54, 1.807) is 72.8 Å². The monoisotopic (exact) mass is 545 g/mol. The summed E-state index contributed by atoms with van der Waals surface area (Å²) < 4.78 is 47.6. The zero-order valence-electron chi connectivity index (χ0n) is 21.3. The average Bonchev–Trinajstić information content (AvgIpc) is 2.93. The number of nitrogens with one attached hydrogen (secondary N) is 2. The van der Waals surface area contributed by atoms with E-state index in [9.17, 15) is 17.6 Å². The number of rotatable bonds is 11. The number of benzene rings is 4. The van der Waals surface area contributed by atoms with Crippen molar-refractivity contribution in [1.29, 1.82) is 0 Å². The number of hydrazone groups is 1. The van der Waals surface area contributed by atoms with Gasteiger partial charge in [-0.2, -0.15) is 5.10 Å². The second-order valence-corrected chi connectivity index (χ2v) is 10.6. The van der Waals surface area contributed by atoms with E-state index in [-0.39, 0.29) is 23.7 Å². The molecule has 0 aliphatic heterocycles. The maximum absolute atomic E-state index is 13.3. The van der Waals surface area contributed by atoms with Crippen LogP contribution in [0, 0.1) is 12.7 Å². The average molecular weight is 546 g/mol. The van der Waals surface area contributed by atoms with Crippen LogP contribution >= 0.6 is 0 Å². The van der Waals surface area contributed by atoms with Gasteiger partial charge < -0.3 is 4.74 Å². The first-order valence-electron chi connectivity index (χ1n) is 12.2. The van der Waals surface area contributed by atoms with Crippen LogP contribution < -0.4 is 14.9 Å². The highest BCUT2D eigenvalue weighted by Crippen LogP contribution is 2.21. The molecule has 9 heteroatoms. The minimum Gasteiger partial charge on any atom is -0.489 e. The molecule has 0 spiro atoms. The van der Waals surface area contributed by atoms with Gasteiger partial charge in [-0.1, -0.05) is 60.2 Å². The first-order chi connectivity index (χ1) is 18.8. The summed E-state index contributed by atoms with van der Waals surface area (Å²) in [5.41, 5.74) is 5.49. The minimum absolute atomic E-state index is 0.121. The molecule has 2 N–H and O–H groups in total. The van der Waals surface area contributed by atoms with Gasteiger partial charge in [0.15, 0.2) is 0 Å². The van der Waals surface area contributed by atoms with Gasteiger partial charge in [0.25, 0.3) is 0 Å². The first-order valence-corrected chi connectivity index (χ1v) is 13.7. The molecule has 0 unspecified atom stereocenters. The van der Waals surface area contributed by atoms with Crippen molar-refractivity contribution in [2.24, 2.45) is 5.10 Å². The lowest BCUT2D eigenvalue weighted by atomic mass is 10.0. The van der Waals surface area contributed by atoms with Crippen LogP contribution in [0.4, 0.5) is 4.39 Å². The molecule has 200 valence electrons. The summed E-state index contributed by atoms with van der Waals surface area (Å²) in [5.74, 6) is -0.169. The summed E-state index contributed by atoms with van der Waals surface area (Å²) in [4.78, 5) is 12.8. The fraction of sp³-hybridized carbons (Fsp3) is 0.133. The molecule has 4 aromatic carbocycles. The van der Waals surface area contributed by atoms with E-state index in [0.29, 0.717) is 16.9 Å². The number of nitrogens with zero attached hydrogens (tertiary/aromatic N) is 1. The minimum atomic E-state index is -3.86. The highest BCUT2D eigenvalue weighted by molar-refractivity contribution is 7.89. The third kappa shape index (κ3) is 8.33. The van der Waals surface area contributed by atoms with Crippen LogP contribution in [0.2, 0.25) is 0 Å². The molecule has 0 fully saturated rings. The summed E-state index contributed by atoms with van der Waals surface area (Å²) in [7, 11) is -3.86. The molecule has 0 aromatic heterocycles. The van der Waals surface area contributed by atoms with E-state index < -0.39 is 22.0 Å². The Morgan fingerprint density at radius 2 is 1.67 bits per heavy atom. The Balaban J connectivity index is 1.35. The topological polar surface area (TPSA) is 96.9 Å². The van der Waals surface area contributed by atoms with E-state index in [4.69, 9.17) is 4.74 Å². The van der Waals surface area contributed by atoms with Crippen LogP contribution in [0.5, 0.6) is 5.75 Å². The Morgan fingerprint density at radius 1 is 0.949 bits per heavy atom. The second kappa shape index (κ2) is 12.9. The van der Waals surface area contributed by atoms with Crippen molar-refractivity contribution >= 4 is 22.1 Å². The third-order valence-electron chi connectivity index (χ3n) is 5.80. The van der Waals surface area contributed by atoms with Gasteiger partial charge in [0, 0.05) is 6.42 Å². The van der Waals surface area contributed by atoms with Crippen molar-refractivity contribution in [2.75, 3.05) is 0 Å². The maximum Gasteiger partial charge on any atom is 0.242 e. The summed E-state index contributed by atoms with van der Waals surface area (Å²) >= 11 is 0. The molecule has 0 bridgehead atoms. The molecule has 39 heavy (non-hydrogen) atoms. The molecule has 0 radical (unpaired) electrons. The smallest absolute Gasteiger partial charge is 0.242 e. The van der Waals surface area contributed by atoms with Gasteiger partial charge in [0.05, 0.1) is 17.2 Å². The highest BCUT2D eigenvalue weighted by Gasteiger charge is 2.23. The van der Waals surface area contributed by atoms with Crippen LogP contribution in [-0.2, 0) is 21.4 Å². The number of carbonyl (C=O) groups excluding carboxylic acids is 1. The molecule has 0 aliphatic rings. The standard InChI is InChI=1S/C30H28FN3O4S/c1-22-10-16-28(17-11-22)39(36,37)34-29(25-7-3-2-4-8-25)19-30(35)33-32-20-23-12-14-27(15-13-23)38-21-24-6-5-9-26(31)18-24/h2-18,20,29,34H,19,21H2,1H3,(H,33,35)/b32-20-/t29-/m0/s1. The number of hydrogen-bond donors (Lipinski definition) is 2. The number of aryl methyl sites for hydroxylation is 1. The van der Waals surface area contributed by atoms with Crippen molar-refractivity contribution < 1.29 is 22.3 Å². The van der Waals surface area contributed by atoms with Crippen LogP contribution in [0.3, 0.4) is 0 Å². The third-order valence-corrected chi connectivity index (χ3v) is 7.29. The van der Waals surface area contributed by atoms with Crippen LogP contribution in [0.1, 0.15) is 34.7 Å². The number of sulfonamides is 1. The van der Waals surface area contributed by atoms with Gasteiger partial charge in [0.2, 0.25) is 15.9 Å². The summed E-state index contributed by atoms with van der Waals surface area (Å²) in [6.07, 6.45) is 1.32. The van der Waals surface area contributed by atoms with E-state index in [0.717, 1.165) is 11.1 Å². The summed E-state index contributed by atoms with van der Waals surface area (Å²) in [6, 6.07) is 27.8. The van der Waals surface area contributed by atoms with Crippen molar-refractivity contribution in [3.8, 4) is 5.75 Å². The van der Waals surface area contributed by atoms with Gasteiger partial charge >= 0.3 is 0 Å². The molecule has 1 atom stereocenters. The molecule has 0 saturated heterocycles. The zero-order valence-corrected chi connectivity index (χ0v) is 22.1. The van der Waals surface area contributed by atoms with Crippen LogP contribution in [0.25, 0.3) is 0 Å². The van der Waals surface area contributed by atoms with Crippen molar-refractivity contribution in [3.05, 3.63) is 131 Å². The molecule has 0 saturated carbocycles. The largest absolute Gasteiger partial charge is 0.489 e. The molecule has 0 heterocycles. The lowest BCUT2D eigenvalue weighted by Crippen LogP contribution is -2.32. The predicted molar refractivity (Wildman–Crippen MR) is 148 cm³/mol. The molecule has 0 aliphatic carbocycles. The quantitative estimate of drug-likeness (QED) is 0.198. The maximum atomic E-state index is 13.3. The lowest BCUT2D eigenvalue weighted by molar-refractivity contribution is -0.121. The Morgan fingerprint density at radius 3 is 2.36 bits per heavy atom. The molecular weight excluding hydrogens is 517 g/mol. The van der Waals surface area contributed by atoms with Gasteiger partial charge in [-0.15, -0.1) is 0 Å². The Hall–Kier alpha value is -4.34. The molecule has 1 amide bonds. The number of ether oxygens (including phenoxy) is 1. The SMILES string of the molecule is Cc1ccc(S(=O)(=O)N[C@@H](CC(=O)N/N=C\c2ccc(OCc3cccc(F)c3)cc2)c2ccccc2)cc1. The van der Waals surface area contributed by atoms with Crippen molar-refractivity contribution in [3.63, 3.8) is 0 Å². The lowest BCUT2D eigenvalue weighted by Gasteiger charge is -2.18. The first kappa shape index (κ1) is 27.7. The molecule has 4 aromatic rings. The summed E-state index contributed by atoms with van der Waals surface area (Å²) in [6.45, 7) is 2.11. The zero-order chi connectivity index (χ0) is 27.7. The van der Waals surface area contributed by atoms with E-state index >= 15 is 0 Å². The van der Waals surface area contributed by atoms with Gasteiger partial charge in [0.1, 0.15) is 18.2 Å². The van der Waals surface area contributed by atoms with Crippen molar-refractivity contribution in [2.45, 2.75) is 30.9 Å². The predicted octanol–water partition coefficient (Wildman–Crippen LogP) is 5.27. The fourth-order valence-corrected chi connectivity index (χ4v) is 4.96. The van der Waals surface area contributed by atoms with Gasteiger partial charge in [-0.25, -0.2) is 23.0 Å². The normalized spacial score (nSPS) is 12.3. The second-order valence-electron chi connectivity index (χ2n) is 8.88. The highest BCUT2D eigenvalue weighted by atomic mass is 32.2. The Bertz CT molecular complexity index is 1520.